The van der Waals surface area contributed by atoms with Gasteiger partial charge in [0.15, 0.2) is 5.78 Å². The van der Waals surface area contributed by atoms with Crippen LogP contribution >= 0.6 is 0 Å². The van der Waals surface area contributed by atoms with Crippen molar-refractivity contribution in [3.63, 3.8) is 0 Å². The molecule has 0 aromatic rings. The van der Waals surface area contributed by atoms with Crippen molar-refractivity contribution in [1.82, 2.24) is 10.6 Å². The third-order valence-electron chi connectivity index (χ3n) is 5.57. The molecule has 0 unspecified atom stereocenters. The van der Waals surface area contributed by atoms with Gasteiger partial charge in [-0.15, -0.1) is 0 Å². The van der Waals surface area contributed by atoms with E-state index in [1.165, 1.54) is 38.5 Å². The number of carbonyl (C=O) groups excluding carboxylic acids is 2. The second-order valence-electron chi connectivity index (χ2n) is 7.16. The van der Waals surface area contributed by atoms with E-state index in [0.29, 0.717) is 11.8 Å². The lowest BCUT2D eigenvalue weighted by molar-refractivity contribution is -0.130. The second kappa shape index (κ2) is 8.66. The predicted molar refractivity (Wildman–Crippen MR) is 88.6 cm³/mol. The molecule has 126 valence electrons. The Hall–Kier alpha value is -0.900. The molecular weight excluding hydrogens is 276 g/mol. The van der Waals surface area contributed by atoms with E-state index in [9.17, 15) is 9.59 Å². The lowest BCUT2D eigenvalue weighted by atomic mass is 9.81. The smallest absolute Gasteiger partial charge is 0.238 e. The molecule has 0 spiro atoms. The van der Waals surface area contributed by atoms with Crippen LogP contribution in [-0.4, -0.2) is 30.8 Å². The molecule has 22 heavy (non-hydrogen) atoms. The average Bonchev–Trinajstić information content (AvgIpc) is 2.55. The van der Waals surface area contributed by atoms with Crippen molar-refractivity contribution in [1.29, 1.82) is 0 Å². The predicted octanol–water partition coefficient (Wildman–Crippen LogP) is 2.81. The van der Waals surface area contributed by atoms with Gasteiger partial charge in [0.1, 0.15) is 0 Å². The van der Waals surface area contributed by atoms with Crippen LogP contribution in [0, 0.1) is 11.8 Å². The fraction of sp³-hybridized carbons (Fsp3) is 0.889. The van der Waals surface area contributed by atoms with E-state index in [1.54, 1.807) is 6.92 Å². The monoisotopic (exact) mass is 308 g/mol. The Morgan fingerprint density at radius 1 is 0.818 bits per heavy atom. The molecule has 0 aromatic heterocycles. The highest BCUT2D eigenvalue weighted by Crippen LogP contribution is 2.29. The topological polar surface area (TPSA) is 58.2 Å². The Morgan fingerprint density at radius 2 is 1.27 bits per heavy atom. The number of hydrogen-bond acceptors (Lipinski definition) is 3. The summed E-state index contributed by atoms with van der Waals surface area (Å²) in [6, 6.07) is -0.432. The van der Waals surface area contributed by atoms with Crippen LogP contribution in [0.15, 0.2) is 0 Å². The quantitative estimate of drug-likeness (QED) is 0.793. The van der Waals surface area contributed by atoms with Crippen molar-refractivity contribution in [3.8, 4) is 0 Å². The van der Waals surface area contributed by atoms with Gasteiger partial charge in [0.05, 0.1) is 12.1 Å². The largest absolute Gasteiger partial charge is 0.345 e. The molecule has 4 heteroatoms. The molecule has 2 fully saturated rings. The molecule has 2 saturated carbocycles. The number of likely N-dealkylation sites (N-methyl/N-ethyl adjacent to an activating group) is 1. The summed E-state index contributed by atoms with van der Waals surface area (Å²) in [5.74, 6) is 0.885. The number of carbonyl (C=O) groups is 2. The van der Waals surface area contributed by atoms with Gasteiger partial charge in [-0.25, -0.2) is 0 Å². The van der Waals surface area contributed by atoms with Crippen LogP contribution in [0.1, 0.15) is 71.1 Å². The van der Waals surface area contributed by atoms with Gasteiger partial charge in [-0.1, -0.05) is 38.5 Å². The molecule has 4 nitrogen and oxygen atoms in total. The van der Waals surface area contributed by atoms with Crippen LogP contribution in [0.5, 0.6) is 0 Å². The zero-order valence-corrected chi connectivity index (χ0v) is 14.2. The number of ketones is 1. The molecule has 0 aromatic carbocycles. The van der Waals surface area contributed by atoms with Crippen molar-refractivity contribution in [2.75, 3.05) is 7.05 Å². The SMILES string of the molecule is CN[C@@H](C(=O)N[C@@H](C(C)=O)C1CCCCC1)C1CCCCC1. The first-order valence-corrected chi connectivity index (χ1v) is 9.11. The maximum Gasteiger partial charge on any atom is 0.238 e. The Bertz CT molecular complexity index is 371. The van der Waals surface area contributed by atoms with Gasteiger partial charge in [-0.3, -0.25) is 9.59 Å². The number of amides is 1. The fourth-order valence-corrected chi connectivity index (χ4v) is 4.31. The van der Waals surface area contributed by atoms with E-state index in [0.717, 1.165) is 25.7 Å². The van der Waals surface area contributed by atoms with Crippen LogP contribution in [0.3, 0.4) is 0 Å². The van der Waals surface area contributed by atoms with Gasteiger partial charge in [0.25, 0.3) is 0 Å². The van der Waals surface area contributed by atoms with Gasteiger partial charge in [-0.2, -0.15) is 0 Å². The van der Waals surface area contributed by atoms with Crippen molar-refractivity contribution in [2.45, 2.75) is 83.2 Å². The van der Waals surface area contributed by atoms with E-state index in [4.69, 9.17) is 0 Å². The van der Waals surface area contributed by atoms with Crippen LogP contribution in [0.4, 0.5) is 0 Å². The van der Waals surface area contributed by atoms with Crippen LogP contribution in [0.2, 0.25) is 0 Å². The molecule has 2 atom stereocenters. The number of Topliss-reactive ketones (excluding diaryl/α,β-unsaturated/α-hetero) is 1. The summed E-state index contributed by atoms with van der Waals surface area (Å²) in [6.45, 7) is 1.62. The molecule has 0 heterocycles. The molecule has 0 aliphatic heterocycles. The zero-order chi connectivity index (χ0) is 15.9. The van der Waals surface area contributed by atoms with Gasteiger partial charge in [0, 0.05) is 0 Å². The first-order valence-electron chi connectivity index (χ1n) is 9.11. The maximum absolute atomic E-state index is 12.7. The third kappa shape index (κ3) is 4.55. The molecular formula is C18H32N2O2. The molecule has 0 radical (unpaired) electrons. The lowest BCUT2D eigenvalue weighted by Gasteiger charge is -2.33. The minimum atomic E-state index is -0.285. The molecule has 2 aliphatic rings. The van der Waals surface area contributed by atoms with E-state index in [2.05, 4.69) is 10.6 Å². The number of rotatable bonds is 6. The Kier molecular flexibility index (Phi) is 6.87. The Balaban J connectivity index is 1.97. The maximum atomic E-state index is 12.7. The third-order valence-corrected chi connectivity index (χ3v) is 5.57. The summed E-state index contributed by atoms with van der Waals surface area (Å²) in [7, 11) is 1.86. The van der Waals surface area contributed by atoms with Crippen LogP contribution in [0.25, 0.3) is 0 Å². The van der Waals surface area contributed by atoms with Gasteiger partial charge >= 0.3 is 0 Å². The van der Waals surface area contributed by atoms with Crippen LogP contribution < -0.4 is 10.6 Å². The Labute approximate surface area is 134 Å². The zero-order valence-electron chi connectivity index (χ0n) is 14.2. The van der Waals surface area contributed by atoms with E-state index < -0.39 is 0 Å². The van der Waals surface area contributed by atoms with Gasteiger partial charge in [-0.05, 0) is 51.5 Å². The average molecular weight is 308 g/mol. The van der Waals surface area contributed by atoms with Crippen molar-refractivity contribution in [2.24, 2.45) is 11.8 Å². The first kappa shape index (κ1) is 17.5. The summed E-state index contributed by atoms with van der Waals surface area (Å²) < 4.78 is 0. The molecule has 0 saturated heterocycles. The van der Waals surface area contributed by atoms with Crippen LogP contribution in [-0.2, 0) is 9.59 Å². The van der Waals surface area contributed by atoms with Crippen molar-refractivity contribution in [3.05, 3.63) is 0 Å². The number of nitrogens with one attached hydrogen (secondary N) is 2. The Morgan fingerprint density at radius 3 is 1.68 bits per heavy atom. The molecule has 2 N–H and O–H groups in total. The van der Waals surface area contributed by atoms with E-state index in [1.807, 2.05) is 7.05 Å². The minimum absolute atomic E-state index is 0.0279. The fourth-order valence-electron chi connectivity index (χ4n) is 4.31. The molecule has 1 amide bonds. The van der Waals surface area contributed by atoms with Crippen molar-refractivity contribution < 1.29 is 9.59 Å². The lowest BCUT2D eigenvalue weighted by Crippen LogP contribution is -2.54. The summed E-state index contributed by atoms with van der Waals surface area (Å²) in [6.07, 6.45) is 11.7. The van der Waals surface area contributed by atoms with E-state index in [-0.39, 0.29) is 23.8 Å². The molecule has 2 aliphatic carbocycles. The highest BCUT2D eigenvalue weighted by atomic mass is 16.2. The summed E-state index contributed by atoms with van der Waals surface area (Å²) in [5, 5.41) is 6.28. The highest BCUT2D eigenvalue weighted by molar-refractivity contribution is 5.90. The normalized spacial score (nSPS) is 23.7. The van der Waals surface area contributed by atoms with Gasteiger partial charge in [0.2, 0.25) is 5.91 Å². The molecule has 2 rings (SSSR count). The summed E-state index contributed by atoms with van der Waals surface area (Å²) >= 11 is 0. The summed E-state index contributed by atoms with van der Waals surface area (Å²) in [5.41, 5.74) is 0. The highest BCUT2D eigenvalue weighted by Gasteiger charge is 2.33. The number of hydrogen-bond donors (Lipinski definition) is 2. The first-order chi connectivity index (χ1) is 10.6. The molecule has 0 bridgehead atoms. The van der Waals surface area contributed by atoms with Crippen molar-refractivity contribution >= 4 is 11.7 Å². The standard InChI is InChI=1S/C18H32N2O2/c1-13(21)16(14-9-5-3-6-10-14)20-18(22)17(19-2)15-11-7-4-8-12-15/h14-17,19H,3-12H2,1-2H3,(H,20,22)/t16-,17+/m0/s1. The van der Waals surface area contributed by atoms with Gasteiger partial charge < -0.3 is 10.6 Å². The summed E-state index contributed by atoms with van der Waals surface area (Å²) in [4.78, 5) is 24.7. The minimum Gasteiger partial charge on any atom is -0.345 e. The second-order valence-corrected chi connectivity index (χ2v) is 7.16. The van der Waals surface area contributed by atoms with E-state index >= 15 is 0 Å².